The third-order valence-corrected chi connectivity index (χ3v) is 10.2. The Bertz CT molecular complexity index is 1940. The molecule has 5 aromatic rings. The Morgan fingerprint density at radius 3 is 2.61 bits per heavy atom. The van der Waals surface area contributed by atoms with E-state index in [9.17, 15) is 18.5 Å². The van der Waals surface area contributed by atoms with Crippen molar-refractivity contribution in [3.05, 3.63) is 94.1 Å². The maximum atomic E-state index is 14.4. The van der Waals surface area contributed by atoms with Crippen LogP contribution in [0.2, 0.25) is 5.02 Å². The molecular formula is C31H24ClN3O4S2. The van der Waals surface area contributed by atoms with Crippen LogP contribution in [0.4, 0.5) is 5.69 Å². The highest BCUT2D eigenvalue weighted by molar-refractivity contribution is 7.90. The zero-order valence-electron chi connectivity index (χ0n) is 22.0. The van der Waals surface area contributed by atoms with E-state index in [4.69, 9.17) is 16.3 Å². The molecule has 1 fully saturated rings. The Hall–Kier alpha value is -4.10. The monoisotopic (exact) mass is 601 g/mol. The number of nitriles is 1. The van der Waals surface area contributed by atoms with E-state index in [-0.39, 0.29) is 16.8 Å². The number of ether oxygens (including phenoxy) is 1. The minimum Gasteiger partial charge on any atom is -0.469 e. The lowest BCUT2D eigenvalue weighted by molar-refractivity contribution is -0.144. The van der Waals surface area contributed by atoms with Gasteiger partial charge in [-0.25, -0.2) is 12.4 Å². The average Bonchev–Trinajstić information content (AvgIpc) is 3.74. The number of rotatable bonds is 6. The quantitative estimate of drug-likeness (QED) is 0.199. The minimum absolute atomic E-state index is 0.0953. The van der Waals surface area contributed by atoms with E-state index in [1.54, 1.807) is 24.3 Å². The topological polar surface area (TPSA) is 92.4 Å². The van der Waals surface area contributed by atoms with E-state index in [1.165, 1.54) is 34.6 Å². The van der Waals surface area contributed by atoms with Gasteiger partial charge in [-0.2, -0.15) is 5.26 Å². The van der Waals surface area contributed by atoms with Crippen molar-refractivity contribution in [3.8, 4) is 28.5 Å². The molecule has 0 N–H and O–H groups in total. The van der Waals surface area contributed by atoms with Crippen LogP contribution in [-0.2, 0) is 19.6 Å². The van der Waals surface area contributed by atoms with Gasteiger partial charge in [-0.1, -0.05) is 41.9 Å². The van der Waals surface area contributed by atoms with Crippen LogP contribution in [0, 0.1) is 17.2 Å². The fourth-order valence-corrected chi connectivity index (χ4v) is 7.87. The highest BCUT2D eigenvalue weighted by atomic mass is 35.5. The van der Waals surface area contributed by atoms with Crippen molar-refractivity contribution in [1.82, 2.24) is 3.97 Å². The summed E-state index contributed by atoms with van der Waals surface area (Å²) in [5, 5.41) is 12.9. The highest BCUT2D eigenvalue weighted by Crippen LogP contribution is 2.45. The number of para-hydroxylation sites is 1. The van der Waals surface area contributed by atoms with Crippen LogP contribution < -0.4 is 4.90 Å². The normalized spacial score (nSPS) is 15.2. The molecule has 1 aliphatic rings. The number of benzene rings is 3. The lowest BCUT2D eigenvalue weighted by atomic mass is 9.98. The molecule has 1 aliphatic heterocycles. The summed E-state index contributed by atoms with van der Waals surface area (Å²) in [4.78, 5) is 14.9. The number of aromatic nitrogens is 1. The van der Waals surface area contributed by atoms with Crippen molar-refractivity contribution in [2.75, 3.05) is 25.1 Å². The van der Waals surface area contributed by atoms with Crippen molar-refractivity contribution in [1.29, 1.82) is 5.26 Å². The molecular weight excluding hydrogens is 578 g/mol. The lowest BCUT2D eigenvalue weighted by Gasteiger charge is -2.20. The molecule has 0 amide bonds. The number of methoxy groups -OCH3 is 1. The number of carbonyl (C=O) groups is 1. The van der Waals surface area contributed by atoms with Crippen molar-refractivity contribution < 1.29 is 17.9 Å². The van der Waals surface area contributed by atoms with Crippen LogP contribution >= 0.6 is 22.9 Å². The number of anilines is 1. The smallest absolute Gasteiger partial charge is 0.310 e. The first-order valence-corrected chi connectivity index (χ1v) is 15.6. The standard InChI is InChI=1S/C31H24ClN3O4S2/c1-39-31(36)21-13-15-34(19-21)23-6-4-5-20(17-23)30-29(26-14-16-40-28(26)18-33)25-7-2-3-8-27(25)35(30)41(37,38)24-11-9-22(32)10-12-24/h2-12,14,16-17,21H,13,15,19H2,1H3. The Morgan fingerprint density at radius 2 is 1.85 bits per heavy atom. The van der Waals surface area contributed by atoms with E-state index in [2.05, 4.69) is 11.0 Å². The maximum absolute atomic E-state index is 14.4. The van der Waals surface area contributed by atoms with Crippen molar-refractivity contribution in [2.45, 2.75) is 11.3 Å². The summed E-state index contributed by atoms with van der Waals surface area (Å²) in [5.74, 6) is -0.457. The number of esters is 1. The average molecular weight is 602 g/mol. The number of hydrogen-bond donors (Lipinski definition) is 0. The second-order valence-corrected chi connectivity index (χ2v) is 12.9. The molecule has 0 saturated carbocycles. The minimum atomic E-state index is -4.10. The second kappa shape index (κ2) is 10.7. The number of carbonyl (C=O) groups excluding carboxylic acids is 1. The Morgan fingerprint density at radius 1 is 1.07 bits per heavy atom. The Labute approximate surface area is 246 Å². The summed E-state index contributed by atoms with van der Waals surface area (Å²) in [5.41, 5.74) is 3.84. The molecule has 3 heterocycles. The highest BCUT2D eigenvalue weighted by Gasteiger charge is 2.32. The van der Waals surface area contributed by atoms with Gasteiger partial charge in [-0.15, -0.1) is 11.3 Å². The van der Waals surface area contributed by atoms with E-state index in [0.29, 0.717) is 62.7 Å². The molecule has 0 aliphatic carbocycles. The van der Waals surface area contributed by atoms with Gasteiger partial charge < -0.3 is 9.64 Å². The van der Waals surface area contributed by atoms with Crippen LogP contribution in [0.15, 0.2) is 89.1 Å². The van der Waals surface area contributed by atoms with E-state index in [1.807, 2.05) is 47.8 Å². The summed E-state index contributed by atoms with van der Waals surface area (Å²) < 4.78 is 35.1. The van der Waals surface area contributed by atoms with Gasteiger partial charge in [0.25, 0.3) is 10.0 Å². The summed E-state index contributed by atoms with van der Waals surface area (Å²) in [6.45, 7) is 1.18. The predicted molar refractivity (Wildman–Crippen MR) is 162 cm³/mol. The third-order valence-electron chi connectivity index (χ3n) is 7.43. The Kier molecular flexibility index (Phi) is 7.08. The van der Waals surface area contributed by atoms with Crippen LogP contribution in [-0.4, -0.2) is 38.6 Å². The summed E-state index contributed by atoms with van der Waals surface area (Å²) in [6.07, 6.45) is 0.674. The maximum Gasteiger partial charge on any atom is 0.310 e. The van der Waals surface area contributed by atoms with Crippen LogP contribution in [0.1, 0.15) is 11.3 Å². The first kappa shape index (κ1) is 27.1. The number of hydrogen-bond acceptors (Lipinski definition) is 7. The van der Waals surface area contributed by atoms with Gasteiger partial charge in [-0.05, 0) is 60.3 Å². The summed E-state index contributed by atoms with van der Waals surface area (Å²) in [7, 11) is -2.71. The van der Waals surface area contributed by atoms with Gasteiger partial charge >= 0.3 is 5.97 Å². The fourth-order valence-electron chi connectivity index (χ4n) is 5.50. The fraction of sp³-hybridized carbons (Fsp3) is 0.161. The van der Waals surface area contributed by atoms with Gasteiger partial charge in [-0.3, -0.25) is 4.79 Å². The Balaban J connectivity index is 1.63. The molecule has 1 saturated heterocycles. The van der Waals surface area contributed by atoms with Crippen LogP contribution in [0.5, 0.6) is 0 Å². The van der Waals surface area contributed by atoms with Crippen molar-refractivity contribution in [3.63, 3.8) is 0 Å². The van der Waals surface area contributed by atoms with Gasteiger partial charge in [0.2, 0.25) is 0 Å². The SMILES string of the molecule is COC(=O)C1CCN(c2cccc(-c3c(-c4ccsc4C#N)c4ccccc4n3S(=O)(=O)c3ccc(Cl)cc3)c2)C1. The van der Waals surface area contributed by atoms with E-state index in [0.717, 1.165) is 5.69 Å². The molecule has 6 rings (SSSR count). The molecule has 1 unspecified atom stereocenters. The molecule has 1 atom stereocenters. The molecule has 3 aromatic carbocycles. The lowest BCUT2D eigenvalue weighted by Crippen LogP contribution is -2.23. The van der Waals surface area contributed by atoms with Crippen molar-refractivity contribution in [2.24, 2.45) is 5.92 Å². The number of thiophene rings is 1. The molecule has 0 radical (unpaired) electrons. The predicted octanol–water partition coefficient (Wildman–Crippen LogP) is 6.80. The molecule has 7 nitrogen and oxygen atoms in total. The van der Waals surface area contributed by atoms with Gasteiger partial charge in [0.05, 0.1) is 29.1 Å². The first-order valence-electron chi connectivity index (χ1n) is 12.9. The molecule has 41 heavy (non-hydrogen) atoms. The largest absolute Gasteiger partial charge is 0.469 e. The van der Waals surface area contributed by atoms with Crippen LogP contribution in [0.3, 0.4) is 0 Å². The number of nitrogens with zero attached hydrogens (tertiary/aromatic N) is 3. The molecule has 0 spiro atoms. The molecule has 0 bridgehead atoms. The van der Waals surface area contributed by atoms with Crippen molar-refractivity contribution >= 4 is 55.5 Å². The van der Waals surface area contributed by atoms with E-state index >= 15 is 0 Å². The molecule has 206 valence electrons. The summed E-state index contributed by atoms with van der Waals surface area (Å²) in [6, 6.07) is 25.2. The van der Waals surface area contributed by atoms with Gasteiger partial charge in [0.15, 0.2) is 0 Å². The van der Waals surface area contributed by atoms with E-state index < -0.39 is 10.0 Å². The third kappa shape index (κ3) is 4.68. The molecule has 2 aromatic heterocycles. The van der Waals surface area contributed by atoms with Crippen LogP contribution in [0.25, 0.3) is 33.3 Å². The first-order chi connectivity index (χ1) is 19.8. The molecule has 10 heteroatoms. The van der Waals surface area contributed by atoms with Gasteiger partial charge in [0.1, 0.15) is 10.9 Å². The summed E-state index contributed by atoms with van der Waals surface area (Å²) >= 11 is 7.40. The van der Waals surface area contributed by atoms with Gasteiger partial charge in [0, 0.05) is 45.9 Å². The zero-order chi connectivity index (χ0) is 28.7. The zero-order valence-corrected chi connectivity index (χ0v) is 24.3. The number of halogens is 1. The number of fused-ring (bicyclic) bond motifs is 1. The second-order valence-electron chi connectivity index (χ2n) is 9.74.